The summed E-state index contributed by atoms with van der Waals surface area (Å²) in [5.74, 6) is -0.440. The molecule has 0 amide bonds. The number of ether oxygens (including phenoxy) is 2. The first kappa shape index (κ1) is 26.2. The Bertz CT molecular complexity index is 1830. The van der Waals surface area contributed by atoms with Gasteiger partial charge >= 0.3 is 6.01 Å². The van der Waals surface area contributed by atoms with Crippen LogP contribution in [0.25, 0.3) is 32.1 Å². The molecule has 0 bridgehead atoms. The predicted octanol–water partition coefficient (Wildman–Crippen LogP) is 6.27. The molecule has 4 aliphatic heterocycles. The summed E-state index contributed by atoms with van der Waals surface area (Å²) >= 11 is 7.92. The number of nitrogens with two attached hydrogens (primary N) is 1. The van der Waals surface area contributed by atoms with Gasteiger partial charge in [-0.1, -0.05) is 17.7 Å². The lowest BCUT2D eigenvalue weighted by Gasteiger charge is -2.31. The van der Waals surface area contributed by atoms with Crippen LogP contribution in [0.3, 0.4) is 0 Å². The fraction of sp³-hybridized carbons (Fsp3) is 0.433. The minimum atomic E-state index is -0.711. The minimum absolute atomic E-state index is 0.0170. The van der Waals surface area contributed by atoms with Crippen LogP contribution in [0.4, 0.5) is 19.6 Å². The Kier molecular flexibility index (Phi) is 5.94. The number of fused-ring (bicyclic) bond motifs is 4. The van der Waals surface area contributed by atoms with Crippen molar-refractivity contribution in [2.75, 3.05) is 43.5 Å². The van der Waals surface area contributed by atoms with Gasteiger partial charge in [0, 0.05) is 17.5 Å². The molecule has 8 rings (SSSR count). The molecule has 2 aromatic carbocycles. The van der Waals surface area contributed by atoms with Gasteiger partial charge < -0.3 is 20.1 Å². The fourth-order valence-electron chi connectivity index (χ4n) is 7.52. The Labute approximate surface area is 249 Å². The molecule has 2 aromatic heterocycles. The molecule has 4 aromatic rings. The predicted molar refractivity (Wildman–Crippen MR) is 159 cm³/mol. The van der Waals surface area contributed by atoms with E-state index in [1.807, 2.05) is 0 Å². The monoisotopic (exact) mass is 608 g/mol. The van der Waals surface area contributed by atoms with Gasteiger partial charge in [0.15, 0.2) is 11.6 Å². The van der Waals surface area contributed by atoms with Crippen molar-refractivity contribution in [3.63, 3.8) is 0 Å². The van der Waals surface area contributed by atoms with Crippen LogP contribution in [0, 0.1) is 23.0 Å². The molecule has 42 heavy (non-hydrogen) atoms. The second kappa shape index (κ2) is 9.53. The number of anilines is 2. The van der Waals surface area contributed by atoms with Gasteiger partial charge in [-0.15, -0.1) is 11.3 Å². The zero-order valence-corrected chi connectivity index (χ0v) is 24.3. The van der Waals surface area contributed by atoms with E-state index in [0.29, 0.717) is 24.4 Å². The van der Waals surface area contributed by atoms with Gasteiger partial charge in [-0.2, -0.15) is 15.2 Å². The Morgan fingerprint density at radius 2 is 1.98 bits per heavy atom. The zero-order valence-electron chi connectivity index (χ0n) is 22.7. The van der Waals surface area contributed by atoms with Crippen molar-refractivity contribution >= 4 is 54.7 Å². The van der Waals surface area contributed by atoms with Crippen LogP contribution in [0.15, 0.2) is 12.1 Å². The van der Waals surface area contributed by atoms with Crippen LogP contribution in [0.1, 0.15) is 44.1 Å². The molecule has 2 N–H and O–H groups in total. The summed E-state index contributed by atoms with van der Waals surface area (Å²) < 4.78 is 44.5. The second-order valence-electron chi connectivity index (χ2n) is 11.6. The molecule has 1 unspecified atom stereocenters. The Morgan fingerprint density at radius 1 is 1.17 bits per heavy atom. The Balaban J connectivity index is 1.36. The van der Waals surface area contributed by atoms with E-state index in [2.05, 4.69) is 20.9 Å². The lowest BCUT2D eigenvalue weighted by atomic mass is 9.95. The number of hydrogen-bond acceptors (Lipinski definition) is 9. The quantitative estimate of drug-likeness (QED) is 0.290. The molecule has 3 fully saturated rings. The first-order valence-electron chi connectivity index (χ1n) is 14.3. The van der Waals surface area contributed by atoms with Crippen molar-refractivity contribution < 1.29 is 18.3 Å². The molecule has 216 valence electrons. The number of nitrogen functional groups attached to an aromatic ring is 1. The van der Waals surface area contributed by atoms with Gasteiger partial charge in [0.05, 0.1) is 32.3 Å². The number of nitrogens with zero attached hydrogens (tertiary/aromatic N) is 5. The maximum atomic E-state index is 16.9. The van der Waals surface area contributed by atoms with Crippen molar-refractivity contribution in [1.82, 2.24) is 14.9 Å². The number of thiophene rings is 1. The SMILES string of the molecule is N#Cc1c(N)sc2c(F)ccc(-c3c(Cl)c4c5c(nc(OCC67CCCN6CCC7)nc5c3F)N3CCCC3CO4)c12. The zero-order chi connectivity index (χ0) is 28.7. The molecule has 0 spiro atoms. The molecule has 0 radical (unpaired) electrons. The van der Waals surface area contributed by atoms with E-state index in [1.165, 1.54) is 12.1 Å². The summed E-state index contributed by atoms with van der Waals surface area (Å²) in [7, 11) is 0. The van der Waals surface area contributed by atoms with Crippen LogP contribution < -0.4 is 20.1 Å². The molecule has 3 saturated heterocycles. The van der Waals surface area contributed by atoms with Gasteiger partial charge in [-0.05, 0) is 63.2 Å². The molecule has 0 saturated carbocycles. The fourth-order valence-corrected chi connectivity index (χ4v) is 8.80. The molecular formula is C30H27ClF2N6O2S. The van der Waals surface area contributed by atoms with Gasteiger partial charge in [0.25, 0.3) is 0 Å². The first-order chi connectivity index (χ1) is 20.4. The van der Waals surface area contributed by atoms with Crippen molar-refractivity contribution in [2.45, 2.75) is 50.1 Å². The highest BCUT2D eigenvalue weighted by Gasteiger charge is 2.45. The maximum absolute atomic E-state index is 16.9. The van der Waals surface area contributed by atoms with Gasteiger partial charge in [-0.3, -0.25) is 4.90 Å². The average Bonchev–Trinajstić information content (AvgIpc) is 3.74. The topological polar surface area (TPSA) is 101 Å². The summed E-state index contributed by atoms with van der Waals surface area (Å²) in [5, 5.41) is 10.6. The highest BCUT2D eigenvalue weighted by atomic mass is 35.5. The highest BCUT2D eigenvalue weighted by molar-refractivity contribution is 7.23. The van der Waals surface area contributed by atoms with E-state index < -0.39 is 11.6 Å². The van der Waals surface area contributed by atoms with Crippen molar-refractivity contribution in [1.29, 1.82) is 5.26 Å². The van der Waals surface area contributed by atoms with Gasteiger partial charge in [0.2, 0.25) is 0 Å². The highest BCUT2D eigenvalue weighted by Crippen LogP contribution is 2.51. The van der Waals surface area contributed by atoms with Gasteiger partial charge in [0.1, 0.15) is 41.4 Å². The van der Waals surface area contributed by atoms with Crippen molar-refractivity contribution in [3.8, 4) is 29.0 Å². The van der Waals surface area contributed by atoms with Crippen LogP contribution in [0.5, 0.6) is 11.8 Å². The number of hydrogen-bond donors (Lipinski definition) is 1. The average molecular weight is 609 g/mol. The third kappa shape index (κ3) is 3.64. The van der Waals surface area contributed by atoms with Gasteiger partial charge in [-0.25, -0.2) is 8.78 Å². The number of aromatic nitrogens is 2. The Morgan fingerprint density at radius 3 is 2.76 bits per heavy atom. The molecule has 0 aliphatic carbocycles. The third-order valence-corrected chi connectivity index (χ3v) is 10.9. The van der Waals surface area contributed by atoms with E-state index in [4.69, 9.17) is 31.8 Å². The van der Waals surface area contributed by atoms with Crippen molar-refractivity contribution in [2.24, 2.45) is 0 Å². The summed E-state index contributed by atoms with van der Waals surface area (Å²) in [6, 6.07) is 4.87. The van der Waals surface area contributed by atoms with E-state index in [9.17, 15) is 9.65 Å². The molecular weight excluding hydrogens is 582 g/mol. The minimum Gasteiger partial charge on any atom is -0.489 e. The Hall–Kier alpha value is -3.46. The lowest BCUT2D eigenvalue weighted by molar-refractivity contribution is 0.108. The lowest BCUT2D eigenvalue weighted by Crippen LogP contribution is -2.43. The van der Waals surface area contributed by atoms with E-state index in [0.717, 1.165) is 69.5 Å². The number of nitriles is 1. The molecule has 4 aliphatic rings. The van der Waals surface area contributed by atoms with E-state index in [-0.39, 0.29) is 65.7 Å². The number of halogens is 3. The summed E-state index contributed by atoms with van der Waals surface area (Å²) in [5.41, 5.74) is 6.37. The van der Waals surface area contributed by atoms with E-state index >= 15 is 4.39 Å². The van der Waals surface area contributed by atoms with Crippen LogP contribution in [-0.2, 0) is 0 Å². The first-order valence-corrected chi connectivity index (χ1v) is 15.5. The normalized spacial score (nSPS) is 20.9. The molecule has 12 heteroatoms. The van der Waals surface area contributed by atoms with Crippen LogP contribution >= 0.6 is 22.9 Å². The second-order valence-corrected chi connectivity index (χ2v) is 13.1. The standard InChI is InChI=1S/C30H27ClF2N6O2S/c31-22-20(16-5-6-18(32)26-19(16)17(12-34)27(35)42-26)23(33)24-21-25(22)40-13-15-4-1-11-39(15)28(21)37-29(36-24)41-14-30-7-2-9-38(30)10-3-8-30/h5-6,15H,1-4,7-11,13-14,35H2. The molecule has 6 heterocycles. The molecule has 8 nitrogen and oxygen atoms in total. The van der Waals surface area contributed by atoms with E-state index in [1.54, 1.807) is 0 Å². The smallest absolute Gasteiger partial charge is 0.319 e. The largest absolute Gasteiger partial charge is 0.489 e. The maximum Gasteiger partial charge on any atom is 0.319 e. The molecule has 1 atom stereocenters. The summed E-state index contributed by atoms with van der Waals surface area (Å²) in [6.45, 7) is 3.65. The van der Waals surface area contributed by atoms with Crippen molar-refractivity contribution in [3.05, 3.63) is 34.4 Å². The summed E-state index contributed by atoms with van der Waals surface area (Å²) in [6.07, 6.45) is 6.23. The number of rotatable bonds is 4. The third-order valence-electron chi connectivity index (χ3n) is 9.49. The summed E-state index contributed by atoms with van der Waals surface area (Å²) in [4.78, 5) is 14.1. The van der Waals surface area contributed by atoms with Crippen LogP contribution in [0.2, 0.25) is 5.02 Å². The number of benzene rings is 2. The van der Waals surface area contributed by atoms with Crippen LogP contribution in [-0.4, -0.2) is 59.3 Å².